The quantitative estimate of drug-likeness (QED) is 0.826. The third-order valence-corrected chi connectivity index (χ3v) is 4.20. The summed E-state index contributed by atoms with van der Waals surface area (Å²) < 4.78 is 5.21. The van der Waals surface area contributed by atoms with Gasteiger partial charge < -0.3 is 15.0 Å². The number of nitrogens with zero attached hydrogens (tertiary/aromatic N) is 1. The Bertz CT molecular complexity index is 495. The second-order valence-electron chi connectivity index (χ2n) is 5.33. The van der Waals surface area contributed by atoms with Crippen LogP contribution in [0.4, 0.5) is 11.4 Å². The molecule has 96 valence electrons. The Morgan fingerprint density at radius 1 is 1.39 bits per heavy atom. The van der Waals surface area contributed by atoms with Crippen molar-refractivity contribution in [2.75, 3.05) is 30.9 Å². The highest BCUT2D eigenvalue weighted by Gasteiger charge is 2.46. The molecule has 1 saturated carbocycles. The summed E-state index contributed by atoms with van der Waals surface area (Å²) in [6.45, 7) is 0.804. The SMILES string of the molecule is COc1ccc2c(c1)NC(=O)C1(CCC1)CN2C. The van der Waals surface area contributed by atoms with Crippen LogP contribution in [0.3, 0.4) is 0 Å². The summed E-state index contributed by atoms with van der Waals surface area (Å²) in [6.07, 6.45) is 3.14. The Hall–Kier alpha value is -1.71. The lowest BCUT2D eigenvalue weighted by Crippen LogP contribution is -2.47. The molecule has 1 aliphatic heterocycles. The molecule has 1 spiro atoms. The number of anilines is 2. The molecule has 1 amide bonds. The lowest BCUT2D eigenvalue weighted by Gasteiger charge is -2.40. The van der Waals surface area contributed by atoms with E-state index in [4.69, 9.17) is 4.74 Å². The standard InChI is InChI=1S/C14H18N2O2/c1-16-9-14(6-3-7-14)13(17)15-11-8-10(18-2)4-5-12(11)16/h4-5,8H,3,6-7,9H2,1-2H3,(H,15,17). The number of hydrogen-bond donors (Lipinski definition) is 1. The predicted molar refractivity (Wildman–Crippen MR) is 71.2 cm³/mol. The number of benzene rings is 1. The second-order valence-corrected chi connectivity index (χ2v) is 5.33. The van der Waals surface area contributed by atoms with E-state index in [9.17, 15) is 4.79 Å². The molecule has 0 saturated heterocycles. The van der Waals surface area contributed by atoms with Crippen molar-refractivity contribution in [3.63, 3.8) is 0 Å². The van der Waals surface area contributed by atoms with Crippen molar-refractivity contribution >= 4 is 17.3 Å². The third kappa shape index (κ3) is 1.55. The summed E-state index contributed by atoms with van der Waals surface area (Å²) in [5.41, 5.74) is 1.74. The molecule has 3 rings (SSSR count). The number of ether oxygens (including phenoxy) is 1. The Labute approximate surface area is 107 Å². The first-order valence-electron chi connectivity index (χ1n) is 6.35. The fourth-order valence-corrected chi connectivity index (χ4v) is 2.93. The minimum atomic E-state index is -0.180. The Balaban J connectivity index is 2.00. The van der Waals surface area contributed by atoms with Gasteiger partial charge >= 0.3 is 0 Å². The number of nitrogens with one attached hydrogen (secondary N) is 1. The maximum absolute atomic E-state index is 12.3. The molecule has 0 unspecified atom stereocenters. The van der Waals surface area contributed by atoms with Crippen LogP contribution in [0.2, 0.25) is 0 Å². The van der Waals surface area contributed by atoms with Crippen LogP contribution in [0.1, 0.15) is 19.3 Å². The summed E-state index contributed by atoms with van der Waals surface area (Å²) in [4.78, 5) is 14.5. The molecule has 0 bridgehead atoms. The number of carbonyl (C=O) groups excluding carboxylic acids is 1. The first-order chi connectivity index (χ1) is 8.64. The highest BCUT2D eigenvalue weighted by atomic mass is 16.5. The molecular formula is C14H18N2O2. The van der Waals surface area contributed by atoms with E-state index in [-0.39, 0.29) is 11.3 Å². The molecule has 4 nitrogen and oxygen atoms in total. The van der Waals surface area contributed by atoms with Gasteiger partial charge in [0, 0.05) is 19.7 Å². The van der Waals surface area contributed by atoms with Crippen molar-refractivity contribution in [3.05, 3.63) is 18.2 Å². The predicted octanol–water partition coefficient (Wildman–Crippen LogP) is 2.25. The number of methoxy groups -OCH3 is 1. The molecular weight excluding hydrogens is 228 g/mol. The third-order valence-electron chi connectivity index (χ3n) is 4.20. The molecule has 2 aliphatic rings. The molecule has 0 aromatic heterocycles. The van der Waals surface area contributed by atoms with Gasteiger partial charge in [0.05, 0.1) is 23.9 Å². The van der Waals surface area contributed by atoms with E-state index in [1.54, 1.807) is 7.11 Å². The van der Waals surface area contributed by atoms with Gasteiger partial charge in [0.15, 0.2) is 0 Å². The van der Waals surface area contributed by atoms with Crippen LogP contribution in [0, 0.1) is 5.41 Å². The highest BCUT2D eigenvalue weighted by Crippen LogP contribution is 2.46. The van der Waals surface area contributed by atoms with E-state index < -0.39 is 0 Å². The Kier molecular flexibility index (Phi) is 2.47. The smallest absolute Gasteiger partial charge is 0.232 e. The van der Waals surface area contributed by atoms with Gasteiger partial charge in [0.1, 0.15) is 5.75 Å². The van der Waals surface area contributed by atoms with Gasteiger partial charge in [0.2, 0.25) is 5.91 Å². The zero-order valence-corrected chi connectivity index (χ0v) is 10.8. The molecule has 4 heteroatoms. The van der Waals surface area contributed by atoms with E-state index in [0.29, 0.717) is 0 Å². The van der Waals surface area contributed by atoms with Gasteiger partial charge in [-0.1, -0.05) is 6.42 Å². The van der Waals surface area contributed by atoms with Crippen LogP contribution in [0.25, 0.3) is 0 Å². The van der Waals surface area contributed by atoms with Gasteiger partial charge in [0.25, 0.3) is 0 Å². The largest absolute Gasteiger partial charge is 0.497 e. The van der Waals surface area contributed by atoms with E-state index >= 15 is 0 Å². The summed E-state index contributed by atoms with van der Waals surface area (Å²) in [5, 5.41) is 3.06. The van der Waals surface area contributed by atoms with Crippen LogP contribution >= 0.6 is 0 Å². The fourth-order valence-electron chi connectivity index (χ4n) is 2.93. The van der Waals surface area contributed by atoms with Gasteiger partial charge in [-0.25, -0.2) is 0 Å². The second kappa shape index (κ2) is 3.90. The maximum Gasteiger partial charge on any atom is 0.232 e. The molecule has 1 N–H and O–H groups in total. The summed E-state index contributed by atoms with van der Waals surface area (Å²) in [5.74, 6) is 0.930. The van der Waals surface area contributed by atoms with Crippen molar-refractivity contribution in [2.24, 2.45) is 5.41 Å². The van der Waals surface area contributed by atoms with Crippen LogP contribution < -0.4 is 15.0 Å². The normalized spacial score (nSPS) is 20.8. The molecule has 1 fully saturated rings. The molecule has 0 atom stereocenters. The topological polar surface area (TPSA) is 41.6 Å². The van der Waals surface area contributed by atoms with Crippen LogP contribution in [0.15, 0.2) is 18.2 Å². The lowest BCUT2D eigenvalue weighted by atomic mass is 9.68. The van der Waals surface area contributed by atoms with Crippen molar-refractivity contribution < 1.29 is 9.53 Å². The Morgan fingerprint density at radius 2 is 2.17 bits per heavy atom. The van der Waals surface area contributed by atoms with Gasteiger partial charge in [-0.2, -0.15) is 0 Å². The molecule has 18 heavy (non-hydrogen) atoms. The highest BCUT2D eigenvalue weighted by molar-refractivity contribution is 6.00. The number of rotatable bonds is 1. The monoisotopic (exact) mass is 246 g/mol. The van der Waals surface area contributed by atoms with E-state index in [1.807, 2.05) is 25.2 Å². The average Bonchev–Trinajstić information content (AvgIpc) is 2.43. The van der Waals surface area contributed by atoms with Crippen LogP contribution in [-0.4, -0.2) is 26.6 Å². The first kappa shape index (κ1) is 11.4. The number of hydrogen-bond acceptors (Lipinski definition) is 3. The molecule has 1 aliphatic carbocycles. The minimum absolute atomic E-state index is 0.160. The summed E-state index contributed by atoms with van der Waals surface area (Å²) >= 11 is 0. The van der Waals surface area contributed by atoms with Crippen molar-refractivity contribution in [2.45, 2.75) is 19.3 Å². The Morgan fingerprint density at radius 3 is 2.78 bits per heavy atom. The summed E-state index contributed by atoms with van der Waals surface area (Å²) in [6, 6.07) is 5.83. The number of amides is 1. The van der Waals surface area contributed by atoms with E-state index in [2.05, 4.69) is 10.2 Å². The fraction of sp³-hybridized carbons (Fsp3) is 0.500. The van der Waals surface area contributed by atoms with Crippen LogP contribution in [0.5, 0.6) is 5.75 Å². The average molecular weight is 246 g/mol. The van der Waals surface area contributed by atoms with E-state index in [0.717, 1.165) is 42.9 Å². The van der Waals surface area contributed by atoms with Crippen molar-refractivity contribution in [3.8, 4) is 5.75 Å². The number of carbonyl (C=O) groups is 1. The molecule has 0 radical (unpaired) electrons. The van der Waals surface area contributed by atoms with Gasteiger partial charge in [-0.05, 0) is 25.0 Å². The number of fused-ring (bicyclic) bond motifs is 1. The van der Waals surface area contributed by atoms with Gasteiger partial charge in [-0.15, -0.1) is 0 Å². The van der Waals surface area contributed by atoms with Gasteiger partial charge in [-0.3, -0.25) is 4.79 Å². The lowest BCUT2D eigenvalue weighted by molar-refractivity contribution is -0.129. The van der Waals surface area contributed by atoms with Crippen molar-refractivity contribution in [1.29, 1.82) is 0 Å². The minimum Gasteiger partial charge on any atom is -0.497 e. The zero-order valence-electron chi connectivity index (χ0n) is 10.8. The first-order valence-corrected chi connectivity index (χ1v) is 6.35. The van der Waals surface area contributed by atoms with E-state index in [1.165, 1.54) is 0 Å². The molecule has 1 aromatic carbocycles. The van der Waals surface area contributed by atoms with Crippen LogP contribution in [-0.2, 0) is 4.79 Å². The van der Waals surface area contributed by atoms with Crippen molar-refractivity contribution in [1.82, 2.24) is 0 Å². The zero-order chi connectivity index (χ0) is 12.8. The summed E-state index contributed by atoms with van der Waals surface area (Å²) in [7, 11) is 3.68. The maximum atomic E-state index is 12.3. The molecule has 1 aromatic rings. The molecule has 1 heterocycles.